The molecule has 1 aliphatic carbocycles. The van der Waals surface area contributed by atoms with E-state index in [4.69, 9.17) is 9.72 Å². The number of aromatic nitrogens is 2. The van der Waals surface area contributed by atoms with Crippen molar-refractivity contribution in [3.05, 3.63) is 88.7 Å². The molecular weight excluding hydrogens is 499 g/mol. The molecule has 0 aliphatic heterocycles. The summed E-state index contributed by atoms with van der Waals surface area (Å²) in [6, 6.07) is 17.4. The van der Waals surface area contributed by atoms with Gasteiger partial charge in [-0.15, -0.1) is 11.3 Å². The number of rotatable bonds is 7. The molecule has 2 aromatic carbocycles. The third-order valence-electron chi connectivity index (χ3n) is 6.65. The summed E-state index contributed by atoms with van der Waals surface area (Å²) in [7, 11) is 0. The normalized spacial score (nSPS) is 18.1. The Kier molecular flexibility index (Phi) is 7.53. The maximum absolute atomic E-state index is 13.3. The summed E-state index contributed by atoms with van der Waals surface area (Å²) >= 11 is 1.58. The van der Waals surface area contributed by atoms with Crippen LogP contribution in [0.4, 0.5) is 18.9 Å². The number of fused-ring (bicyclic) bond motifs is 1. The Morgan fingerprint density at radius 3 is 2.57 bits per heavy atom. The van der Waals surface area contributed by atoms with Crippen LogP contribution in [0.15, 0.2) is 66.9 Å². The maximum atomic E-state index is 13.3. The Hall–Kier alpha value is -3.30. The number of carbonyl (C=O) groups is 1. The van der Waals surface area contributed by atoms with E-state index in [0.29, 0.717) is 24.1 Å². The zero-order chi connectivity index (χ0) is 25.8. The zero-order valence-corrected chi connectivity index (χ0v) is 20.8. The second-order valence-electron chi connectivity index (χ2n) is 9.30. The van der Waals surface area contributed by atoms with Gasteiger partial charge in [0.2, 0.25) is 0 Å². The monoisotopic (exact) mass is 525 g/mol. The molecule has 192 valence electrons. The SMILES string of the molecule is O=C(Nc1ccc2nc(C3CCC(COCc4ccccc4)CC3)sc2c1)c1ncccc1C(F)(F)F. The smallest absolute Gasteiger partial charge is 0.376 e. The molecule has 5 rings (SSSR count). The highest BCUT2D eigenvalue weighted by Gasteiger charge is 2.36. The standard InChI is InChI=1S/C28H26F3N3O2S/c29-28(30,31)22-7-4-14-32-25(22)26(35)33-21-12-13-23-24(15-21)37-27(34-23)20-10-8-19(9-11-20)17-36-16-18-5-2-1-3-6-18/h1-7,12-15,19-20H,8-11,16-17H2,(H,33,35). The van der Waals surface area contributed by atoms with E-state index in [2.05, 4.69) is 22.4 Å². The second-order valence-corrected chi connectivity index (χ2v) is 10.4. The van der Waals surface area contributed by atoms with Gasteiger partial charge in [-0.05, 0) is 67.5 Å². The molecule has 1 amide bonds. The predicted octanol–water partition coefficient (Wildman–Crippen LogP) is 7.45. The van der Waals surface area contributed by atoms with Crippen LogP contribution in [0.3, 0.4) is 0 Å². The van der Waals surface area contributed by atoms with Gasteiger partial charge in [0.05, 0.1) is 27.4 Å². The lowest BCUT2D eigenvalue weighted by atomic mass is 9.83. The van der Waals surface area contributed by atoms with Crippen LogP contribution in [0, 0.1) is 5.92 Å². The Labute approximate surface area is 216 Å². The van der Waals surface area contributed by atoms with Crippen molar-refractivity contribution in [3.63, 3.8) is 0 Å². The van der Waals surface area contributed by atoms with E-state index in [9.17, 15) is 18.0 Å². The number of amides is 1. The highest BCUT2D eigenvalue weighted by atomic mass is 32.1. The fourth-order valence-electron chi connectivity index (χ4n) is 4.69. The van der Waals surface area contributed by atoms with Gasteiger partial charge in [-0.25, -0.2) is 4.98 Å². The van der Waals surface area contributed by atoms with Crippen LogP contribution in [-0.2, 0) is 17.5 Å². The predicted molar refractivity (Wildman–Crippen MR) is 138 cm³/mol. The first-order chi connectivity index (χ1) is 17.9. The van der Waals surface area contributed by atoms with Gasteiger partial charge in [0.1, 0.15) is 5.69 Å². The van der Waals surface area contributed by atoms with E-state index in [1.807, 2.05) is 18.2 Å². The molecule has 0 radical (unpaired) electrons. The van der Waals surface area contributed by atoms with Crippen molar-refractivity contribution >= 4 is 33.1 Å². The molecular formula is C28H26F3N3O2S. The lowest BCUT2D eigenvalue weighted by Gasteiger charge is -2.27. The molecule has 5 nitrogen and oxygen atoms in total. The van der Waals surface area contributed by atoms with E-state index in [0.717, 1.165) is 59.6 Å². The molecule has 4 aromatic rings. The average Bonchev–Trinajstić information content (AvgIpc) is 3.33. The summed E-state index contributed by atoms with van der Waals surface area (Å²) in [4.78, 5) is 21.0. The quantitative estimate of drug-likeness (QED) is 0.272. The molecule has 0 atom stereocenters. The molecule has 0 unspecified atom stereocenters. The summed E-state index contributed by atoms with van der Waals surface area (Å²) < 4.78 is 46.6. The van der Waals surface area contributed by atoms with Crippen LogP contribution in [0.5, 0.6) is 0 Å². The van der Waals surface area contributed by atoms with Gasteiger partial charge < -0.3 is 10.1 Å². The van der Waals surface area contributed by atoms with Crippen LogP contribution in [0.25, 0.3) is 10.2 Å². The number of hydrogen-bond acceptors (Lipinski definition) is 5. The number of halogens is 3. The van der Waals surface area contributed by atoms with Crippen molar-refractivity contribution < 1.29 is 22.7 Å². The number of nitrogens with one attached hydrogen (secondary N) is 1. The molecule has 1 aliphatic rings. The molecule has 2 heterocycles. The van der Waals surface area contributed by atoms with Crippen molar-refractivity contribution in [1.82, 2.24) is 9.97 Å². The van der Waals surface area contributed by atoms with Gasteiger partial charge in [-0.2, -0.15) is 13.2 Å². The maximum Gasteiger partial charge on any atom is 0.418 e. The summed E-state index contributed by atoms with van der Waals surface area (Å²) in [5.41, 5.74) is 0.701. The molecule has 1 N–H and O–H groups in total. The van der Waals surface area contributed by atoms with Crippen LogP contribution >= 0.6 is 11.3 Å². The highest BCUT2D eigenvalue weighted by molar-refractivity contribution is 7.18. The van der Waals surface area contributed by atoms with Gasteiger partial charge in [-0.1, -0.05) is 30.3 Å². The fourth-order valence-corrected chi connectivity index (χ4v) is 5.87. The van der Waals surface area contributed by atoms with E-state index in [1.54, 1.807) is 29.5 Å². The van der Waals surface area contributed by atoms with Crippen LogP contribution in [-0.4, -0.2) is 22.5 Å². The van der Waals surface area contributed by atoms with Crippen LogP contribution in [0.2, 0.25) is 0 Å². The highest BCUT2D eigenvalue weighted by Crippen LogP contribution is 2.39. The number of pyridine rings is 1. The summed E-state index contributed by atoms with van der Waals surface area (Å²) in [6.45, 7) is 1.40. The first-order valence-electron chi connectivity index (χ1n) is 12.2. The zero-order valence-electron chi connectivity index (χ0n) is 20.0. The third kappa shape index (κ3) is 6.17. The molecule has 0 saturated heterocycles. The van der Waals surface area contributed by atoms with Crippen molar-refractivity contribution in [2.75, 3.05) is 11.9 Å². The van der Waals surface area contributed by atoms with Crippen LogP contribution in [0.1, 0.15) is 58.2 Å². The van der Waals surface area contributed by atoms with Crippen molar-refractivity contribution in [1.29, 1.82) is 0 Å². The molecule has 2 aromatic heterocycles. The van der Waals surface area contributed by atoms with E-state index in [1.165, 1.54) is 11.8 Å². The average molecular weight is 526 g/mol. The number of alkyl halides is 3. The topological polar surface area (TPSA) is 64.1 Å². The number of thiazole rings is 1. The van der Waals surface area contributed by atoms with Crippen molar-refractivity contribution in [3.8, 4) is 0 Å². The van der Waals surface area contributed by atoms with Gasteiger partial charge in [0.15, 0.2) is 0 Å². The molecule has 9 heteroatoms. The number of benzene rings is 2. The van der Waals surface area contributed by atoms with E-state index in [-0.39, 0.29) is 0 Å². The Balaban J connectivity index is 1.19. The molecule has 1 saturated carbocycles. The minimum absolute atomic E-state index is 0.378. The minimum atomic E-state index is -4.66. The van der Waals surface area contributed by atoms with Gasteiger partial charge in [0.25, 0.3) is 5.91 Å². The number of anilines is 1. The molecule has 0 spiro atoms. The van der Waals surface area contributed by atoms with Gasteiger partial charge in [0, 0.05) is 24.4 Å². The van der Waals surface area contributed by atoms with Crippen molar-refractivity contribution in [2.24, 2.45) is 5.92 Å². The van der Waals surface area contributed by atoms with Gasteiger partial charge >= 0.3 is 6.18 Å². The second kappa shape index (κ2) is 11.0. The largest absolute Gasteiger partial charge is 0.418 e. The third-order valence-corrected chi connectivity index (χ3v) is 7.83. The first kappa shape index (κ1) is 25.4. The lowest BCUT2D eigenvalue weighted by molar-refractivity contribution is -0.138. The summed E-state index contributed by atoms with van der Waals surface area (Å²) in [6.07, 6.45) is 0.771. The number of ether oxygens (including phenoxy) is 1. The summed E-state index contributed by atoms with van der Waals surface area (Å²) in [5, 5.41) is 3.61. The molecule has 0 bridgehead atoms. The number of hydrogen-bond donors (Lipinski definition) is 1. The van der Waals surface area contributed by atoms with Crippen LogP contribution < -0.4 is 5.32 Å². The summed E-state index contributed by atoms with van der Waals surface area (Å²) in [5.74, 6) is 0.0258. The van der Waals surface area contributed by atoms with E-state index < -0.39 is 23.3 Å². The lowest BCUT2D eigenvalue weighted by Crippen LogP contribution is -2.20. The Bertz CT molecular complexity index is 1370. The van der Waals surface area contributed by atoms with Crippen molar-refractivity contribution in [2.45, 2.75) is 44.4 Å². The number of carbonyl (C=O) groups excluding carboxylic acids is 1. The molecule has 1 fully saturated rings. The Morgan fingerprint density at radius 1 is 1.03 bits per heavy atom. The van der Waals surface area contributed by atoms with E-state index >= 15 is 0 Å². The number of nitrogens with zero attached hydrogens (tertiary/aromatic N) is 2. The van der Waals surface area contributed by atoms with Gasteiger partial charge in [-0.3, -0.25) is 9.78 Å². The minimum Gasteiger partial charge on any atom is -0.376 e. The fraction of sp³-hybridized carbons (Fsp3) is 0.321. The first-order valence-corrected chi connectivity index (χ1v) is 13.0. The molecule has 37 heavy (non-hydrogen) atoms. The Morgan fingerprint density at radius 2 is 1.81 bits per heavy atom.